The molecule has 0 aliphatic rings. The highest BCUT2D eigenvalue weighted by Gasteiger charge is 2.13. The van der Waals surface area contributed by atoms with Crippen LogP contribution in [0.2, 0.25) is 0 Å². The molecule has 1 rings (SSSR count). The van der Waals surface area contributed by atoms with Gasteiger partial charge in [-0.15, -0.1) is 0 Å². The minimum atomic E-state index is -2.92. The maximum absolute atomic E-state index is 11.2. The first kappa shape index (κ1) is 13.2. The number of aryl methyl sites for hydroxylation is 2. The monoisotopic (exact) mass is 245 g/mol. The minimum Gasteiger partial charge on any atom is -0.316 e. The van der Waals surface area contributed by atoms with Crippen molar-refractivity contribution in [2.75, 3.05) is 19.1 Å². The van der Waals surface area contributed by atoms with Gasteiger partial charge in [-0.1, -0.05) is 0 Å². The van der Waals surface area contributed by atoms with Gasteiger partial charge in [-0.2, -0.15) is 5.10 Å². The second-order valence-electron chi connectivity index (χ2n) is 4.14. The molecule has 0 fully saturated rings. The zero-order valence-electron chi connectivity index (χ0n) is 9.97. The van der Waals surface area contributed by atoms with Crippen LogP contribution in [-0.2, 0) is 23.3 Å². The van der Waals surface area contributed by atoms with Crippen LogP contribution in [0.15, 0.2) is 12.4 Å². The first-order chi connectivity index (χ1) is 7.40. The summed E-state index contributed by atoms with van der Waals surface area (Å²) >= 11 is 0. The van der Waals surface area contributed by atoms with Gasteiger partial charge >= 0.3 is 0 Å². The number of sulfone groups is 1. The second kappa shape index (κ2) is 5.45. The van der Waals surface area contributed by atoms with Crippen molar-refractivity contribution in [3.8, 4) is 0 Å². The Balaban J connectivity index is 2.46. The van der Waals surface area contributed by atoms with E-state index in [0.717, 1.165) is 18.4 Å². The van der Waals surface area contributed by atoms with E-state index in [1.54, 1.807) is 11.7 Å². The van der Waals surface area contributed by atoms with E-state index < -0.39 is 9.84 Å². The average molecular weight is 245 g/mol. The van der Waals surface area contributed by atoms with E-state index in [1.165, 1.54) is 6.26 Å². The summed E-state index contributed by atoms with van der Waals surface area (Å²) < 4.78 is 24.1. The molecule has 1 unspecified atom stereocenters. The summed E-state index contributed by atoms with van der Waals surface area (Å²) in [6.07, 6.45) is 6.67. The van der Waals surface area contributed by atoms with E-state index in [0.29, 0.717) is 0 Å². The van der Waals surface area contributed by atoms with Crippen LogP contribution in [-0.4, -0.2) is 43.3 Å². The normalized spacial score (nSPS) is 13.9. The molecule has 0 bridgehead atoms. The molecule has 5 nitrogen and oxygen atoms in total. The van der Waals surface area contributed by atoms with Gasteiger partial charge < -0.3 is 5.32 Å². The van der Waals surface area contributed by atoms with Crippen molar-refractivity contribution >= 4 is 9.84 Å². The van der Waals surface area contributed by atoms with Gasteiger partial charge in [0.2, 0.25) is 0 Å². The zero-order valence-corrected chi connectivity index (χ0v) is 10.8. The summed E-state index contributed by atoms with van der Waals surface area (Å²) in [5, 5.41) is 7.10. The van der Waals surface area contributed by atoms with Gasteiger partial charge in [0.1, 0.15) is 9.84 Å². The Labute approximate surface area is 96.8 Å². The predicted octanol–water partition coefficient (Wildman–Crippen LogP) is -0.0147. The largest absolute Gasteiger partial charge is 0.316 e. The summed E-state index contributed by atoms with van der Waals surface area (Å²) in [5.74, 6) is 0.184. The van der Waals surface area contributed by atoms with Gasteiger partial charge in [-0.05, 0) is 25.5 Å². The summed E-state index contributed by atoms with van der Waals surface area (Å²) in [5.41, 5.74) is 1.14. The first-order valence-electron chi connectivity index (χ1n) is 5.23. The minimum absolute atomic E-state index is 0.00945. The highest BCUT2D eigenvalue weighted by atomic mass is 32.2. The second-order valence-corrected chi connectivity index (χ2v) is 6.32. The molecule has 1 aromatic rings. The van der Waals surface area contributed by atoms with Gasteiger partial charge in [0, 0.05) is 25.5 Å². The summed E-state index contributed by atoms with van der Waals surface area (Å²) in [4.78, 5) is 0. The first-order valence-corrected chi connectivity index (χ1v) is 7.29. The molecule has 0 aliphatic carbocycles. The third kappa shape index (κ3) is 4.76. The standard InChI is InChI=1S/C10H19N3O2S/c1-11-10(8-16(3,14)15)5-4-9-6-12-13(2)7-9/h6-7,10-11H,4-5,8H2,1-3H3. The third-order valence-electron chi connectivity index (χ3n) is 2.45. The Hall–Kier alpha value is -0.880. The number of hydrogen-bond donors (Lipinski definition) is 1. The smallest absolute Gasteiger partial charge is 0.148 e. The van der Waals surface area contributed by atoms with Crippen molar-refractivity contribution in [1.29, 1.82) is 0 Å². The highest BCUT2D eigenvalue weighted by molar-refractivity contribution is 7.90. The van der Waals surface area contributed by atoms with Gasteiger partial charge in [-0.25, -0.2) is 8.42 Å². The number of nitrogens with one attached hydrogen (secondary N) is 1. The van der Waals surface area contributed by atoms with E-state index in [1.807, 2.05) is 19.4 Å². The van der Waals surface area contributed by atoms with Crippen molar-refractivity contribution in [3.05, 3.63) is 18.0 Å². The molecule has 1 N–H and O–H groups in total. The van der Waals surface area contributed by atoms with Crippen LogP contribution in [0.5, 0.6) is 0 Å². The highest BCUT2D eigenvalue weighted by Crippen LogP contribution is 2.05. The maximum atomic E-state index is 11.2. The topological polar surface area (TPSA) is 64.0 Å². The number of aromatic nitrogens is 2. The average Bonchev–Trinajstić information content (AvgIpc) is 2.57. The molecule has 92 valence electrons. The van der Waals surface area contributed by atoms with E-state index in [4.69, 9.17) is 0 Å². The Morgan fingerprint density at radius 1 is 1.56 bits per heavy atom. The number of nitrogens with zero attached hydrogens (tertiary/aromatic N) is 2. The SMILES string of the molecule is CNC(CCc1cnn(C)c1)CS(C)(=O)=O. The lowest BCUT2D eigenvalue weighted by atomic mass is 10.1. The summed E-state index contributed by atoms with van der Waals surface area (Å²) in [6.45, 7) is 0. The fourth-order valence-corrected chi connectivity index (χ4v) is 2.68. The van der Waals surface area contributed by atoms with E-state index in [9.17, 15) is 8.42 Å². The molecule has 0 saturated carbocycles. The molecule has 0 aromatic carbocycles. The number of hydrogen-bond acceptors (Lipinski definition) is 4. The Bertz CT molecular complexity index is 425. The summed E-state index contributed by atoms with van der Waals surface area (Å²) in [7, 11) is 0.743. The molecule has 1 atom stereocenters. The quantitative estimate of drug-likeness (QED) is 0.765. The Kier molecular flexibility index (Phi) is 4.49. The van der Waals surface area contributed by atoms with Crippen molar-refractivity contribution < 1.29 is 8.42 Å². The van der Waals surface area contributed by atoms with E-state index in [-0.39, 0.29) is 11.8 Å². The number of rotatable bonds is 6. The maximum Gasteiger partial charge on any atom is 0.148 e. The van der Waals surface area contributed by atoms with Gasteiger partial charge in [0.05, 0.1) is 11.9 Å². The molecule has 1 aromatic heterocycles. The van der Waals surface area contributed by atoms with Crippen molar-refractivity contribution in [2.24, 2.45) is 7.05 Å². The molecule has 0 saturated heterocycles. The fraction of sp³-hybridized carbons (Fsp3) is 0.700. The lowest BCUT2D eigenvalue weighted by Gasteiger charge is -2.13. The molecule has 6 heteroatoms. The lowest BCUT2D eigenvalue weighted by molar-refractivity contribution is 0.544. The van der Waals surface area contributed by atoms with Crippen LogP contribution in [0.4, 0.5) is 0 Å². The molecule has 0 aliphatic heterocycles. The molecule has 16 heavy (non-hydrogen) atoms. The molecule has 1 heterocycles. The molecular formula is C10H19N3O2S. The van der Waals surface area contributed by atoms with Crippen LogP contribution < -0.4 is 5.32 Å². The van der Waals surface area contributed by atoms with Crippen molar-refractivity contribution in [1.82, 2.24) is 15.1 Å². The van der Waals surface area contributed by atoms with Crippen LogP contribution in [0.25, 0.3) is 0 Å². The molecule has 0 radical (unpaired) electrons. The van der Waals surface area contributed by atoms with Crippen molar-refractivity contribution in [2.45, 2.75) is 18.9 Å². The third-order valence-corrected chi connectivity index (χ3v) is 3.46. The Morgan fingerprint density at radius 3 is 2.69 bits per heavy atom. The molecule has 0 spiro atoms. The van der Waals surface area contributed by atoms with Crippen LogP contribution in [0.3, 0.4) is 0 Å². The van der Waals surface area contributed by atoms with Gasteiger partial charge in [0.25, 0.3) is 0 Å². The lowest BCUT2D eigenvalue weighted by Crippen LogP contribution is -2.33. The van der Waals surface area contributed by atoms with Crippen LogP contribution in [0.1, 0.15) is 12.0 Å². The molecular weight excluding hydrogens is 226 g/mol. The fourth-order valence-electron chi connectivity index (χ4n) is 1.62. The molecule has 0 amide bonds. The van der Waals surface area contributed by atoms with Crippen LogP contribution in [0, 0.1) is 0 Å². The van der Waals surface area contributed by atoms with Gasteiger partial charge in [-0.3, -0.25) is 4.68 Å². The predicted molar refractivity (Wildman–Crippen MR) is 64.1 cm³/mol. The van der Waals surface area contributed by atoms with Crippen LogP contribution >= 0.6 is 0 Å². The van der Waals surface area contributed by atoms with Gasteiger partial charge in [0.15, 0.2) is 0 Å². The van der Waals surface area contributed by atoms with E-state index >= 15 is 0 Å². The van der Waals surface area contributed by atoms with Crippen molar-refractivity contribution in [3.63, 3.8) is 0 Å². The van der Waals surface area contributed by atoms with E-state index in [2.05, 4.69) is 10.4 Å². The zero-order chi connectivity index (χ0) is 12.2. The summed E-state index contributed by atoms with van der Waals surface area (Å²) in [6, 6.07) is 0.00945. The Morgan fingerprint density at radius 2 is 2.25 bits per heavy atom.